The van der Waals surface area contributed by atoms with E-state index >= 15 is 0 Å². The number of nitrogens with zero attached hydrogens (tertiary/aromatic N) is 1. The third kappa shape index (κ3) is 7.11. The molecule has 2 aromatic carbocycles. The van der Waals surface area contributed by atoms with E-state index < -0.39 is 29.6 Å². The van der Waals surface area contributed by atoms with Crippen LogP contribution in [-0.4, -0.2) is 54.3 Å². The van der Waals surface area contributed by atoms with Crippen LogP contribution in [0.25, 0.3) is 6.08 Å². The van der Waals surface area contributed by atoms with Crippen LogP contribution in [0.3, 0.4) is 0 Å². The number of carbonyl (C=O) groups excluding carboxylic acids is 4. The maximum absolute atomic E-state index is 12.9. The Bertz CT molecular complexity index is 1210. The number of hydrogen-bond donors (Lipinski definition) is 1. The highest BCUT2D eigenvalue weighted by molar-refractivity contribution is 9.10. The molecule has 1 aliphatic rings. The smallest absolute Gasteiger partial charge is 0.344 e. The number of nitrogens with one attached hydrogen (secondary N) is 1. The molecular weight excluding hydrogens is 552 g/mol. The van der Waals surface area contributed by atoms with Crippen LogP contribution in [0.5, 0.6) is 11.5 Å². The monoisotopic (exact) mass is 576 g/mol. The second-order valence-electron chi connectivity index (χ2n) is 7.54. The molecule has 0 aliphatic carbocycles. The van der Waals surface area contributed by atoms with Gasteiger partial charge in [-0.2, -0.15) is 0 Å². The molecule has 0 saturated carbocycles. The van der Waals surface area contributed by atoms with Crippen LogP contribution in [0.2, 0.25) is 0 Å². The highest BCUT2D eigenvalue weighted by Crippen LogP contribution is 2.39. The van der Waals surface area contributed by atoms with Gasteiger partial charge in [-0.3, -0.25) is 19.3 Å². The average Bonchev–Trinajstić information content (AvgIpc) is 3.06. The number of thioether (sulfide) groups is 1. The molecule has 1 saturated heterocycles. The van der Waals surface area contributed by atoms with Gasteiger partial charge in [0.25, 0.3) is 11.1 Å². The number of rotatable bonds is 10. The standard InChI is InChI=1S/C25H25BrN2O7S/c1-4-33-19-11-16(10-18(26)23(19)35-14-22(30)34-5-2)12-20-24(31)28(25(32)36-20)13-21(29)27-17-8-6-7-15(3)9-17/h6-12H,4-5,13-14H2,1-3H3,(H,27,29)/b20-12-. The van der Waals surface area contributed by atoms with E-state index in [9.17, 15) is 19.2 Å². The van der Waals surface area contributed by atoms with Gasteiger partial charge in [0.15, 0.2) is 18.1 Å². The van der Waals surface area contributed by atoms with E-state index in [1.54, 1.807) is 44.2 Å². The fourth-order valence-corrected chi connectivity index (χ4v) is 4.68. The van der Waals surface area contributed by atoms with E-state index in [4.69, 9.17) is 14.2 Å². The van der Waals surface area contributed by atoms with Crippen molar-refractivity contribution in [3.8, 4) is 11.5 Å². The van der Waals surface area contributed by atoms with Crippen molar-refractivity contribution in [3.05, 3.63) is 56.9 Å². The van der Waals surface area contributed by atoms with E-state index in [1.165, 1.54) is 6.08 Å². The average molecular weight is 577 g/mol. The van der Waals surface area contributed by atoms with Gasteiger partial charge in [0.1, 0.15) is 6.54 Å². The SMILES string of the molecule is CCOC(=O)COc1c(Br)cc(/C=C2\SC(=O)N(CC(=O)Nc3cccc(C)c3)C2=O)cc1OCC. The van der Waals surface area contributed by atoms with E-state index in [-0.39, 0.29) is 18.1 Å². The van der Waals surface area contributed by atoms with Crippen LogP contribution in [0.4, 0.5) is 10.5 Å². The van der Waals surface area contributed by atoms with Crippen molar-refractivity contribution in [2.75, 3.05) is 31.7 Å². The van der Waals surface area contributed by atoms with Gasteiger partial charge < -0.3 is 19.5 Å². The molecule has 3 amide bonds. The zero-order valence-electron chi connectivity index (χ0n) is 20.0. The molecule has 0 aromatic heterocycles. The second-order valence-corrected chi connectivity index (χ2v) is 9.39. The normalized spacial score (nSPS) is 14.2. The topological polar surface area (TPSA) is 111 Å². The van der Waals surface area contributed by atoms with Gasteiger partial charge in [-0.05, 0) is 89.9 Å². The van der Waals surface area contributed by atoms with Crippen molar-refractivity contribution in [2.24, 2.45) is 0 Å². The Morgan fingerprint density at radius 1 is 1.11 bits per heavy atom. The molecule has 2 aromatic rings. The van der Waals surface area contributed by atoms with Gasteiger partial charge in [-0.15, -0.1) is 0 Å². The minimum absolute atomic E-state index is 0.165. The number of amides is 3. The lowest BCUT2D eigenvalue weighted by Crippen LogP contribution is -2.36. The number of hydrogen-bond acceptors (Lipinski definition) is 8. The van der Waals surface area contributed by atoms with Crippen molar-refractivity contribution in [1.29, 1.82) is 0 Å². The molecule has 190 valence electrons. The molecule has 1 aliphatic heterocycles. The Morgan fingerprint density at radius 3 is 2.58 bits per heavy atom. The third-order valence-corrected chi connectivity index (χ3v) is 6.24. The number of halogens is 1. The van der Waals surface area contributed by atoms with Crippen LogP contribution < -0.4 is 14.8 Å². The van der Waals surface area contributed by atoms with Crippen molar-refractivity contribution in [3.63, 3.8) is 0 Å². The summed E-state index contributed by atoms with van der Waals surface area (Å²) in [6, 6.07) is 10.5. The quantitative estimate of drug-likeness (QED) is 0.318. The summed E-state index contributed by atoms with van der Waals surface area (Å²) >= 11 is 4.15. The van der Waals surface area contributed by atoms with Crippen LogP contribution in [0.15, 0.2) is 45.8 Å². The molecule has 1 heterocycles. The minimum Gasteiger partial charge on any atom is -0.490 e. The number of esters is 1. The van der Waals surface area contributed by atoms with Gasteiger partial charge in [0, 0.05) is 5.69 Å². The number of benzene rings is 2. The third-order valence-electron chi connectivity index (χ3n) is 4.75. The minimum atomic E-state index is -0.568. The Labute approximate surface area is 221 Å². The molecule has 0 radical (unpaired) electrons. The molecule has 36 heavy (non-hydrogen) atoms. The van der Waals surface area contributed by atoms with Crippen molar-refractivity contribution < 1.29 is 33.4 Å². The van der Waals surface area contributed by atoms with Crippen molar-refractivity contribution in [2.45, 2.75) is 20.8 Å². The first-order valence-corrected chi connectivity index (χ1v) is 12.7. The largest absolute Gasteiger partial charge is 0.490 e. The Morgan fingerprint density at radius 2 is 1.89 bits per heavy atom. The molecular formula is C25H25BrN2O7S. The fourth-order valence-electron chi connectivity index (χ4n) is 3.26. The second kappa shape index (κ2) is 12.6. The first kappa shape index (κ1) is 27.3. The van der Waals surface area contributed by atoms with Gasteiger partial charge >= 0.3 is 5.97 Å². The summed E-state index contributed by atoms with van der Waals surface area (Å²) < 4.78 is 16.6. The Balaban J connectivity index is 1.75. The number of carbonyl (C=O) groups is 4. The summed E-state index contributed by atoms with van der Waals surface area (Å²) in [5.74, 6) is -0.909. The molecule has 9 nitrogen and oxygen atoms in total. The van der Waals surface area contributed by atoms with Crippen molar-refractivity contribution >= 4 is 62.5 Å². The summed E-state index contributed by atoms with van der Waals surface area (Å²) in [5, 5.41) is 2.16. The number of anilines is 1. The van der Waals surface area contributed by atoms with Crippen LogP contribution in [0.1, 0.15) is 25.0 Å². The van der Waals surface area contributed by atoms with Gasteiger partial charge in [-0.1, -0.05) is 12.1 Å². The van der Waals surface area contributed by atoms with E-state index in [0.29, 0.717) is 33.8 Å². The lowest BCUT2D eigenvalue weighted by Gasteiger charge is -2.14. The maximum Gasteiger partial charge on any atom is 0.344 e. The predicted molar refractivity (Wildman–Crippen MR) is 140 cm³/mol. The van der Waals surface area contributed by atoms with Crippen LogP contribution in [0, 0.1) is 6.92 Å². The van der Waals surface area contributed by atoms with Crippen LogP contribution in [-0.2, 0) is 19.1 Å². The molecule has 3 rings (SSSR count). The highest BCUT2D eigenvalue weighted by Gasteiger charge is 2.36. The molecule has 1 fully saturated rings. The summed E-state index contributed by atoms with van der Waals surface area (Å²) in [7, 11) is 0. The van der Waals surface area contributed by atoms with E-state index in [2.05, 4.69) is 21.2 Å². The molecule has 11 heteroatoms. The summed E-state index contributed by atoms with van der Waals surface area (Å²) in [6.07, 6.45) is 1.53. The lowest BCUT2D eigenvalue weighted by atomic mass is 10.2. The number of imide groups is 1. The highest BCUT2D eigenvalue weighted by atomic mass is 79.9. The lowest BCUT2D eigenvalue weighted by molar-refractivity contribution is -0.145. The van der Waals surface area contributed by atoms with Gasteiger partial charge in [0.05, 0.1) is 22.6 Å². The van der Waals surface area contributed by atoms with E-state index in [1.807, 2.05) is 13.0 Å². The first-order valence-electron chi connectivity index (χ1n) is 11.1. The zero-order chi connectivity index (χ0) is 26.2. The molecule has 0 unspecified atom stereocenters. The Hall–Kier alpha value is -3.31. The predicted octanol–water partition coefficient (Wildman–Crippen LogP) is 4.77. The number of ether oxygens (including phenoxy) is 3. The summed E-state index contributed by atoms with van der Waals surface area (Å²) in [4.78, 5) is 50.5. The van der Waals surface area contributed by atoms with Gasteiger partial charge in [0.2, 0.25) is 5.91 Å². The van der Waals surface area contributed by atoms with Crippen molar-refractivity contribution in [1.82, 2.24) is 4.90 Å². The molecule has 1 N–H and O–H groups in total. The van der Waals surface area contributed by atoms with E-state index in [0.717, 1.165) is 22.2 Å². The maximum atomic E-state index is 12.9. The Kier molecular flexibility index (Phi) is 9.54. The van der Waals surface area contributed by atoms with Crippen LogP contribution >= 0.6 is 27.7 Å². The molecule has 0 bridgehead atoms. The summed E-state index contributed by atoms with van der Waals surface area (Å²) in [5.41, 5.74) is 2.11. The fraction of sp³-hybridized carbons (Fsp3) is 0.280. The summed E-state index contributed by atoms with van der Waals surface area (Å²) in [6.45, 7) is 5.27. The zero-order valence-corrected chi connectivity index (χ0v) is 22.4. The van der Waals surface area contributed by atoms with Gasteiger partial charge in [-0.25, -0.2) is 4.79 Å². The molecule has 0 spiro atoms. The number of aryl methyl sites for hydroxylation is 1. The molecule has 0 atom stereocenters. The first-order chi connectivity index (χ1) is 17.2.